The Morgan fingerprint density at radius 2 is 1.79 bits per heavy atom. The summed E-state index contributed by atoms with van der Waals surface area (Å²) in [4.78, 5) is 25.6. The molecule has 24 heavy (non-hydrogen) atoms. The molecule has 2 fully saturated rings. The first-order valence-electron chi connectivity index (χ1n) is 8.68. The van der Waals surface area contributed by atoms with Gasteiger partial charge < -0.3 is 10.0 Å². The summed E-state index contributed by atoms with van der Waals surface area (Å²) < 4.78 is 39.9. The summed E-state index contributed by atoms with van der Waals surface area (Å²) in [5.74, 6) is -2.68. The number of hydrogen-bond acceptors (Lipinski definition) is 2. The normalized spacial score (nSPS) is 23.9. The maximum atomic E-state index is 13.3. The number of alkyl halides is 3. The van der Waals surface area contributed by atoms with Crippen molar-refractivity contribution in [3.8, 4) is 0 Å². The van der Waals surface area contributed by atoms with Gasteiger partial charge in [0.2, 0.25) is 5.91 Å². The van der Waals surface area contributed by atoms with Crippen LogP contribution >= 0.6 is 0 Å². The van der Waals surface area contributed by atoms with Crippen molar-refractivity contribution in [3.05, 3.63) is 0 Å². The van der Waals surface area contributed by atoms with Gasteiger partial charge in [0.15, 0.2) is 0 Å². The highest BCUT2D eigenvalue weighted by molar-refractivity contribution is 5.85. The fourth-order valence-corrected chi connectivity index (χ4v) is 4.30. The van der Waals surface area contributed by atoms with Crippen LogP contribution < -0.4 is 0 Å². The van der Waals surface area contributed by atoms with Crippen molar-refractivity contribution < 1.29 is 27.9 Å². The maximum Gasteiger partial charge on any atom is 0.392 e. The molecule has 0 bridgehead atoms. The van der Waals surface area contributed by atoms with Gasteiger partial charge in [-0.15, -0.1) is 0 Å². The van der Waals surface area contributed by atoms with Gasteiger partial charge in [0.1, 0.15) is 0 Å². The van der Waals surface area contributed by atoms with Crippen molar-refractivity contribution in [1.29, 1.82) is 0 Å². The second kappa shape index (κ2) is 6.56. The Bertz CT molecular complexity index is 496. The fourth-order valence-electron chi connectivity index (χ4n) is 4.30. The van der Waals surface area contributed by atoms with E-state index >= 15 is 0 Å². The molecule has 0 aromatic heterocycles. The van der Waals surface area contributed by atoms with Crippen LogP contribution in [0, 0.1) is 16.7 Å². The topological polar surface area (TPSA) is 57.6 Å². The summed E-state index contributed by atoms with van der Waals surface area (Å²) in [5.41, 5.74) is -1.97. The van der Waals surface area contributed by atoms with E-state index in [9.17, 15) is 27.9 Å². The third-order valence-corrected chi connectivity index (χ3v) is 6.33. The zero-order chi connectivity index (χ0) is 18.2. The number of amides is 1. The van der Waals surface area contributed by atoms with Crippen molar-refractivity contribution in [2.75, 3.05) is 13.1 Å². The first kappa shape index (κ1) is 19.1. The molecule has 0 aromatic rings. The molecule has 138 valence electrons. The molecule has 2 aliphatic rings. The molecule has 1 aliphatic carbocycles. The molecule has 1 unspecified atom stereocenters. The Morgan fingerprint density at radius 1 is 1.21 bits per heavy atom. The van der Waals surface area contributed by atoms with Gasteiger partial charge in [-0.25, -0.2) is 0 Å². The molecule has 2 rings (SSSR count). The molecule has 1 N–H and O–H groups in total. The van der Waals surface area contributed by atoms with Gasteiger partial charge in [-0.1, -0.05) is 20.3 Å². The van der Waals surface area contributed by atoms with E-state index in [4.69, 9.17) is 0 Å². The summed E-state index contributed by atoms with van der Waals surface area (Å²) in [6.45, 7) is 3.63. The van der Waals surface area contributed by atoms with E-state index in [1.54, 1.807) is 13.8 Å². The molecular formula is C17H26F3NO3. The lowest BCUT2D eigenvalue weighted by atomic mass is 9.58. The molecule has 0 aromatic carbocycles. The van der Waals surface area contributed by atoms with Crippen LogP contribution in [0.4, 0.5) is 13.2 Å². The van der Waals surface area contributed by atoms with Gasteiger partial charge in [0, 0.05) is 19.5 Å². The van der Waals surface area contributed by atoms with Gasteiger partial charge in [-0.05, 0) is 37.5 Å². The highest BCUT2D eigenvalue weighted by Crippen LogP contribution is 2.56. The predicted octanol–water partition coefficient (Wildman–Crippen LogP) is 3.85. The van der Waals surface area contributed by atoms with E-state index in [1.807, 2.05) is 0 Å². The number of piperidine rings is 1. The lowest BCUT2D eigenvalue weighted by Crippen LogP contribution is -2.58. The van der Waals surface area contributed by atoms with Crippen molar-refractivity contribution in [3.63, 3.8) is 0 Å². The minimum absolute atomic E-state index is 0.0634. The van der Waals surface area contributed by atoms with Crippen LogP contribution in [0.25, 0.3) is 0 Å². The third kappa shape index (κ3) is 3.26. The van der Waals surface area contributed by atoms with Crippen molar-refractivity contribution in [2.45, 2.75) is 65.0 Å². The summed E-state index contributed by atoms with van der Waals surface area (Å²) in [7, 11) is 0. The largest absolute Gasteiger partial charge is 0.481 e. The molecule has 1 spiro atoms. The van der Waals surface area contributed by atoms with Crippen molar-refractivity contribution in [2.24, 2.45) is 16.7 Å². The number of aliphatic carboxylic acids is 1. The SMILES string of the molecule is CCC(CC)(CC(=O)N1CCC(C(F)(F)F)C2(CCC2)C1)C(=O)O. The van der Waals surface area contributed by atoms with Gasteiger partial charge in [-0.3, -0.25) is 9.59 Å². The number of hydrogen-bond donors (Lipinski definition) is 1. The number of rotatable bonds is 5. The van der Waals surface area contributed by atoms with Crippen LogP contribution in [-0.2, 0) is 9.59 Å². The average molecular weight is 349 g/mol. The Balaban J connectivity index is 2.11. The highest BCUT2D eigenvalue weighted by atomic mass is 19.4. The first-order chi connectivity index (χ1) is 11.1. The van der Waals surface area contributed by atoms with Crippen LogP contribution in [0.5, 0.6) is 0 Å². The minimum atomic E-state index is -4.23. The molecule has 0 radical (unpaired) electrons. The van der Waals surface area contributed by atoms with E-state index in [1.165, 1.54) is 4.90 Å². The fraction of sp³-hybridized carbons (Fsp3) is 0.882. The van der Waals surface area contributed by atoms with Crippen molar-refractivity contribution >= 4 is 11.9 Å². The molecule has 4 nitrogen and oxygen atoms in total. The average Bonchev–Trinajstić information content (AvgIpc) is 2.49. The summed E-state index contributed by atoms with van der Waals surface area (Å²) in [5, 5.41) is 9.46. The zero-order valence-electron chi connectivity index (χ0n) is 14.3. The molecular weight excluding hydrogens is 323 g/mol. The second-order valence-corrected chi connectivity index (χ2v) is 7.38. The van der Waals surface area contributed by atoms with E-state index in [0.717, 1.165) is 6.42 Å². The predicted molar refractivity (Wildman–Crippen MR) is 82.3 cm³/mol. The Kier molecular flexibility index (Phi) is 5.21. The number of halogens is 3. The van der Waals surface area contributed by atoms with Crippen molar-refractivity contribution in [1.82, 2.24) is 4.90 Å². The third-order valence-electron chi connectivity index (χ3n) is 6.33. The maximum absolute atomic E-state index is 13.3. The molecule has 1 heterocycles. The highest BCUT2D eigenvalue weighted by Gasteiger charge is 2.58. The monoisotopic (exact) mass is 349 g/mol. The van der Waals surface area contributed by atoms with Gasteiger partial charge in [0.05, 0.1) is 11.3 Å². The van der Waals surface area contributed by atoms with E-state index in [-0.39, 0.29) is 31.8 Å². The number of carbonyl (C=O) groups is 2. The standard InChI is InChI=1S/C17H26F3NO3/c1-3-15(4-2,14(23)24)10-13(22)21-9-6-12(17(18,19)20)16(11-21)7-5-8-16/h12H,3-11H2,1-2H3,(H,23,24). The molecule has 7 heteroatoms. The van der Waals surface area contributed by atoms with Gasteiger partial charge in [-0.2, -0.15) is 13.2 Å². The second-order valence-electron chi connectivity index (χ2n) is 7.38. The van der Waals surface area contributed by atoms with Gasteiger partial charge >= 0.3 is 12.1 Å². The number of carbonyl (C=O) groups excluding carboxylic acids is 1. The van der Waals surface area contributed by atoms with E-state index < -0.39 is 28.9 Å². The van der Waals surface area contributed by atoms with E-state index in [0.29, 0.717) is 25.7 Å². The Hall–Kier alpha value is -1.27. The molecule has 1 saturated heterocycles. The lowest BCUT2D eigenvalue weighted by Gasteiger charge is -2.54. The summed E-state index contributed by atoms with van der Waals surface area (Å²) in [6.07, 6.45) is -2.04. The molecule has 1 atom stereocenters. The van der Waals surface area contributed by atoms with Crippen LogP contribution in [0.3, 0.4) is 0 Å². The van der Waals surface area contributed by atoms with Gasteiger partial charge in [0.25, 0.3) is 0 Å². The quantitative estimate of drug-likeness (QED) is 0.820. The molecule has 1 amide bonds. The van der Waals surface area contributed by atoms with Crippen LogP contribution in [0.2, 0.25) is 0 Å². The first-order valence-corrected chi connectivity index (χ1v) is 8.68. The summed E-state index contributed by atoms with van der Waals surface area (Å²) >= 11 is 0. The van der Waals surface area contributed by atoms with Crippen LogP contribution in [0.1, 0.15) is 58.8 Å². The minimum Gasteiger partial charge on any atom is -0.481 e. The number of carboxylic acids is 1. The molecule has 1 aliphatic heterocycles. The Morgan fingerprint density at radius 3 is 2.17 bits per heavy atom. The Labute approximate surface area is 140 Å². The lowest BCUT2D eigenvalue weighted by molar-refractivity contribution is -0.237. The number of likely N-dealkylation sites (tertiary alicyclic amines) is 1. The van der Waals surface area contributed by atoms with Crippen LogP contribution in [0.15, 0.2) is 0 Å². The van der Waals surface area contributed by atoms with E-state index in [2.05, 4.69) is 0 Å². The molecule has 1 saturated carbocycles. The number of nitrogens with zero attached hydrogens (tertiary/aromatic N) is 1. The summed E-state index contributed by atoms with van der Waals surface area (Å²) in [6, 6.07) is 0. The zero-order valence-corrected chi connectivity index (χ0v) is 14.3. The number of carboxylic acid groups (broad SMARTS) is 1. The smallest absolute Gasteiger partial charge is 0.392 e. The van der Waals surface area contributed by atoms with Crippen LogP contribution in [-0.4, -0.2) is 41.1 Å².